The lowest BCUT2D eigenvalue weighted by atomic mass is 9.68. The molecule has 1 amide bonds. The number of nitrogens with one attached hydrogen (secondary N) is 1. The molecule has 29 heavy (non-hydrogen) atoms. The van der Waals surface area contributed by atoms with Crippen LogP contribution >= 0.6 is 11.6 Å². The van der Waals surface area contributed by atoms with Gasteiger partial charge in [0.15, 0.2) is 0 Å². The fraction of sp³-hybridized carbons (Fsp3) is 0.682. The van der Waals surface area contributed by atoms with Crippen molar-refractivity contribution in [3.8, 4) is 0 Å². The number of hydrogen-bond acceptors (Lipinski definition) is 3. The average Bonchev–Trinajstić information content (AvgIpc) is 3.17. The van der Waals surface area contributed by atoms with Gasteiger partial charge >= 0.3 is 0 Å². The second-order valence-corrected chi connectivity index (χ2v) is 12.2. The van der Waals surface area contributed by atoms with Crippen LogP contribution in [0.5, 0.6) is 0 Å². The summed E-state index contributed by atoms with van der Waals surface area (Å²) in [5, 5.41) is 3.41. The molecule has 1 unspecified atom stereocenters. The zero-order valence-electron chi connectivity index (χ0n) is 17.5. The number of sulfonamides is 1. The predicted octanol–water partition coefficient (Wildman–Crippen LogP) is 4.46. The minimum Gasteiger partial charge on any atom is -0.348 e. The van der Waals surface area contributed by atoms with Gasteiger partial charge in [-0.2, -0.15) is 4.31 Å². The summed E-state index contributed by atoms with van der Waals surface area (Å²) in [4.78, 5) is 13.1. The molecule has 1 N–H and O–H groups in total. The Balaban J connectivity index is 1.60. The number of nitrogens with zero attached hydrogens (tertiary/aromatic N) is 1. The van der Waals surface area contributed by atoms with Crippen molar-refractivity contribution in [2.45, 2.75) is 70.2 Å². The van der Waals surface area contributed by atoms with Crippen molar-refractivity contribution < 1.29 is 13.2 Å². The smallest absolute Gasteiger partial charge is 0.251 e. The van der Waals surface area contributed by atoms with Gasteiger partial charge in [0, 0.05) is 24.7 Å². The maximum atomic E-state index is 13.1. The molecule has 3 aliphatic rings. The van der Waals surface area contributed by atoms with Crippen LogP contribution in [0, 0.1) is 16.7 Å². The zero-order valence-corrected chi connectivity index (χ0v) is 19.1. The van der Waals surface area contributed by atoms with Crippen molar-refractivity contribution in [2.75, 3.05) is 13.1 Å². The van der Waals surface area contributed by atoms with E-state index < -0.39 is 10.0 Å². The van der Waals surface area contributed by atoms with E-state index in [4.69, 9.17) is 11.6 Å². The minimum atomic E-state index is -3.70. The Labute approximate surface area is 179 Å². The third-order valence-electron chi connectivity index (χ3n) is 7.67. The zero-order chi connectivity index (χ0) is 21.0. The van der Waals surface area contributed by atoms with Gasteiger partial charge in [0.2, 0.25) is 10.0 Å². The quantitative estimate of drug-likeness (QED) is 0.754. The molecule has 160 valence electrons. The highest BCUT2D eigenvalue weighted by molar-refractivity contribution is 7.89. The van der Waals surface area contributed by atoms with Crippen LogP contribution in [-0.2, 0) is 10.0 Å². The summed E-state index contributed by atoms with van der Waals surface area (Å²) >= 11 is 6.26. The van der Waals surface area contributed by atoms with Crippen molar-refractivity contribution >= 4 is 27.5 Å². The number of rotatable bonds is 4. The molecule has 0 aromatic heterocycles. The Morgan fingerprint density at radius 3 is 2.48 bits per heavy atom. The fourth-order valence-electron chi connectivity index (χ4n) is 5.96. The van der Waals surface area contributed by atoms with E-state index >= 15 is 0 Å². The number of fused-ring (bicyclic) bond motifs is 2. The van der Waals surface area contributed by atoms with Crippen molar-refractivity contribution in [3.63, 3.8) is 0 Å². The normalized spacial score (nSPS) is 31.7. The number of halogens is 1. The number of amides is 1. The molecular formula is C22H31ClN2O3S. The summed E-state index contributed by atoms with van der Waals surface area (Å²) in [6, 6.07) is 4.68. The molecule has 2 bridgehead atoms. The Bertz CT molecular complexity index is 919. The maximum Gasteiger partial charge on any atom is 0.251 e. The first-order chi connectivity index (χ1) is 13.6. The van der Waals surface area contributed by atoms with Gasteiger partial charge in [0.05, 0.1) is 5.02 Å². The number of benzene rings is 1. The molecule has 1 aliphatic heterocycles. The third-order valence-corrected chi connectivity index (χ3v) is 10.1. The molecule has 0 spiro atoms. The van der Waals surface area contributed by atoms with Gasteiger partial charge in [-0.1, -0.05) is 38.8 Å². The number of carbonyl (C=O) groups excluding carboxylic acids is 1. The highest BCUT2D eigenvalue weighted by Crippen LogP contribution is 2.62. The van der Waals surface area contributed by atoms with Crippen LogP contribution in [0.4, 0.5) is 0 Å². The molecule has 1 heterocycles. The monoisotopic (exact) mass is 438 g/mol. The lowest BCUT2D eigenvalue weighted by molar-refractivity contribution is 0.0737. The second kappa shape index (κ2) is 7.24. The van der Waals surface area contributed by atoms with Gasteiger partial charge < -0.3 is 5.32 Å². The van der Waals surface area contributed by atoms with Crippen LogP contribution in [0.1, 0.15) is 69.7 Å². The van der Waals surface area contributed by atoms with Gasteiger partial charge in [-0.25, -0.2) is 8.42 Å². The molecular weight excluding hydrogens is 408 g/mol. The first-order valence-corrected chi connectivity index (χ1v) is 12.5. The Morgan fingerprint density at radius 2 is 1.86 bits per heavy atom. The van der Waals surface area contributed by atoms with E-state index in [-0.39, 0.29) is 32.7 Å². The average molecular weight is 439 g/mol. The van der Waals surface area contributed by atoms with E-state index in [0.717, 1.165) is 32.1 Å². The van der Waals surface area contributed by atoms with Crippen molar-refractivity contribution in [2.24, 2.45) is 16.7 Å². The second-order valence-electron chi connectivity index (χ2n) is 9.93. The molecule has 0 radical (unpaired) electrons. The number of carbonyl (C=O) groups is 1. The van der Waals surface area contributed by atoms with E-state index in [9.17, 15) is 13.2 Å². The van der Waals surface area contributed by atoms with Gasteiger partial charge in [-0.05, 0) is 67.1 Å². The van der Waals surface area contributed by atoms with E-state index in [2.05, 4.69) is 26.1 Å². The molecule has 1 aromatic rings. The lowest BCUT2D eigenvalue weighted by Crippen LogP contribution is -2.52. The van der Waals surface area contributed by atoms with Crippen LogP contribution in [0.15, 0.2) is 23.1 Å². The molecule has 1 aromatic carbocycles. The molecule has 3 fully saturated rings. The summed E-state index contributed by atoms with van der Waals surface area (Å²) < 4.78 is 27.7. The fourth-order valence-corrected chi connectivity index (χ4v) is 7.98. The largest absolute Gasteiger partial charge is 0.348 e. The number of hydrogen-bond donors (Lipinski definition) is 1. The first-order valence-electron chi connectivity index (χ1n) is 10.7. The van der Waals surface area contributed by atoms with Gasteiger partial charge in [0.25, 0.3) is 5.91 Å². The standard InChI is InChI=1S/C22H31ClN2O3S/c1-21(2)16-9-10-22(3,14-16)20(21)24-19(26)15-7-8-17(23)18(13-15)29(27,28)25-11-5-4-6-12-25/h7-8,13,16,20H,4-6,9-12,14H2,1-3H3,(H,24,26)/t16-,20?,22+/m1/s1. The van der Waals surface area contributed by atoms with Crippen LogP contribution in [0.25, 0.3) is 0 Å². The Kier molecular flexibility index (Phi) is 5.28. The molecule has 2 saturated carbocycles. The molecule has 3 atom stereocenters. The lowest BCUT2D eigenvalue weighted by Gasteiger charge is -2.43. The van der Waals surface area contributed by atoms with Crippen molar-refractivity contribution in [3.05, 3.63) is 28.8 Å². The van der Waals surface area contributed by atoms with Gasteiger partial charge in [-0.15, -0.1) is 0 Å². The SMILES string of the molecule is CC1(C)C(NC(=O)c2ccc(Cl)c(S(=O)(=O)N3CCCCC3)c2)[C@@]2(C)CC[C@@H]1C2. The van der Waals surface area contributed by atoms with Crippen molar-refractivity contribution in [1.82, 2.24) is 9.62 Å². The van der Waals surface area contributed by atoms with E-state index in [1.54, 1.807) is 6.07 Å². The van der Waals surface area contributed by atoms with Gasteiger partial charge in [0.1, 0.15) is 4.90 Å². The van der Waals surface area contributed by atoms with E-state index in [0.29, 0.717) is 24.6 Å². The number of piperidine rings is 1. The molecule has 7 heteroatoms. The summed E-state index contributed by atoms with van der Waals surface area (Å²) in [5.74, 6) is 0.404. The summed E-state index contributed by atoms with van der Waals surface area (Å²) in [6.07, 6.45) is 6.23. The summed E-state index contributed by atoms with van der Waals surface area (Å²) in [6.45, 7) is 7.75. The van der Waals surface area contributed by atoms with Crippen LogP contribution < -0.4 is 5.32 Å². The summed E-state index contributed by atoms with van der Waals surface area (Å²) in [7, 11) is -3.70. The predicted molar refractivity (Wildman–Crippen MR) is 115 cm³/mol. The maximum absolute atomic E-state index is 13.1. The molecule has 4 rings (SSSR count). The van der Waals surface area contributed by atoms with E-state index in [1.165, 1.54) is 22.9 Å². The topological polar surface area (TPSA) is 66.5 Å². The molecule has 5 nitrogen and oxygen atoms in total. The van der Waals surface area contributed by atoms with Gasteiger partial charge in [-0.3, -0.25) is 4.79 Å². The Hall–Kier alpha value is -1.11. The van der Waals surface area contributed by atoms with Crippen molar-refractivity contribution in [1.29, 1.82) is 0 Å². The van der Waals surface area contributed by atoms with Crippen LogP contribution in [0.2, 0.25) is 5.02 Å². The highest BCUT2D eigenvalue weighted by Gasteiger charge is 2.59. The molecule has 2 aliphatic carbocycles. The third kappa shape index (κ3) is 3.51. The Morgan fingerprint density at radius 1 is 1.17 bits per heavy atom. The van der Waals surface area contributed by atoms with Crippen LogP contribution in [-0.4, -0.2) is 37.8 Å². The minimum absolute atomic E-state index is 0.0344. The summed E-state index contributed by atoms with van der Waals surface area (Å²) in [5.41, 5.74) is 0.503. The van der Waals surface area contributed by atoms with Crippen LogP contribution in [0.3, 0.4) is 0 Å². The van der Waals surface area contributed by atoms with E-state index in [1.807, 2.05) is 0 Å². The highest BCUT2D eigenvalue weighted by atomic mass is 35.5. The molecule has 1 saturated heterocycles. The first kappa shape index (κ1) is 21.1.